The molecule has 0 aromatic heterocycles. The largest absolute Gasteiger partial charge is 1.00 e. The van der Waals surface area contributed by atoms with Crippen LogP contribution in [0.5, 0.6) is 0 Å². The minimum absolute atomic E-state index is 0. The molecule has 0 saturated heterocycles. The monoisotopic (exact) mass is 185 g/mol. The summed E-state index contributed by atoms with van der Waals surface area (Å²) in [7, 11) is 3.86. The van der Waals surface area contributed by atoms with Gasteiger partial charge in [-0.05, 0) is 20.1 Å². The summed E-state index contributed by atoms with van der Waals surface area (Å²) >= 11 is 0. The van der Waals surface area contributed by atoms with Gasteiger partial charge in [-0.3, -0.25) is 0 Å². The summed E-state index contributed by atoms with van der Waals surface area (Å²) in [6, 6.07) is 9.54. The smallest absolute Gasteiger partial charge is 0.847 e. The maximum atomic E-state index is 11.8. The van der Waals surface area contributed by atoms with Crippen LogP contribution in [0.3, 0.4) is 0 Å². The molecule has 0 heterocycles. The summed E-state index contributed by atoms with van der Waals surface area (Å²) < 4.78 is 0. The minimum atomic E-state index is -0.656. The second kappa shape index (κ2) is 6.26. The summed E-state index contributed by atoms with van der Waals surface area (Å²) in [5.41, 5.74) is 0.865. The molecule has 0 amide bonds. The molecule has 1 rings (SSSR count). The predicted molar refractivity (Wildman–Crippen MR) is 52.3 cm³/mol. The predicted octanol–water partition coefficient (Wildman–Crippen LogP) is -1.96. The number of hydrogen-bond acceptors (Lipinski definition) is 2. The molecule has 1 aromatic rings. The summed E-state index contributed by atoms with van der Waals surface area (Å²) in [5, 5.41) is 11.8. The van der Waals surface area contributed by atoms with Crippen LogP contribution in [0.2, 0.25) is 0 Å². The topological polar surface area (TPSA) is 26.3 Å². The first-order valence-electron chi connectivity index (χ1n) is 4.50. The Kier molecular flexibility index (Phi) is 6.15. The Morgan fingerprint density at radius 2 is 1.64 bits per heavy atom. The maximum absolute atomic E-state index is 11.8. The first-order chi connectivity index (χ1) is 6.13. The van der Waals surface area contributed by atoms with Crippen molar-refractivity contribution in [2.24, 2.45) is 0 Å². The SMILES string of the molecule is C[C@H]([C@@H]([O-])c1ccccc1)N(C)C.[Li+]. The molecule has 0 radical (unpaired) electrons. The van der Waals surface area contributed by atoms with Crippen LogP contribution in [-0.4, -0.2) is 25.0 Å². The van der Waals surface area contributed by atoms with Gasteiger partial charge in [0.15, 0.2) is 0 Å². The number of hydrogen-bond donors (Lipinski definition) is 0. The average molecular weight is 185 g/mol. The quantitative estimate of drug-likeness (QED) is 0.511. The van der Waals surface area contributed by atoms with E-state index >= 15 is 0 Å². The molecular weight excluding hydrogens is 169 g/mol. The van der Waals surface area contributed by atoms with Crippen molar-refractivity contribution in [3.63, 3.8) is 0 Å². The molecule has 0 N–H and O–H groups in total. The molecule has 72 valence electrons. The summed E-state index contributed by atoms with van der Waals surface area (Å²) in [4.78, 5) is 1.95. The van der Waals surface area contributed by atoms with Crippen LogP contribution in [-0.2, 0) is 0 Å². The van der Waals surface area contributed by atoms with E-state index in [0.29, 0.717) is 0 Å². The van der Waals surface area contributed by atoms with E-state index in [1.807, 2.05) is 56.3 Å². The standard InChI is InChI=1S/C11H16NO.Li/c1-9(12(2)3)11(13)10-7-5-4-6-8-10;/h4-9,11H,1-3H3;/q-1;+1/t9-,11-;/m1./s1. The molecule has 0 aliphatic rings. The van der Waals surface area contributed by atoms with E-state index in [4.69, 9.17) is 0 Å². The van der Waals surface area contributed by atoms with Gasteiger partial charge in [0.1, 0.15) is 0 Å². The van der Waals surface area contributed by atoms with E-state index in [2.05, 4.69) is 0 Å². The van der Waals surface area contributed by atoms with Crippen LogP contribution in [0, 0.1) is 0 Å². The molecule has 1 aromatic carbocycles. The Bertz CT molecular complexity index is 251. The molecule has 2 atom stereocenters. The van der Waals surface area contributed by atoms with Gasteiger partial charge in [-0.15, -0.1) is 0 Å². The van der Waals surface area contributed by atoms with E-state index in [-0.39, 0.29) is 24.9 Å². The fraction of sp³-hybridized carbons (Fsp3) is 0.455. The normalized spacial score (nSPS) is 14.6. The molecule has 0 fully saturated rings. The second-order valence-corrected chi connectivity index (χ2v) is 3.54. The third-order valence-corrected chi connectivity index (χ3v) is 2.38. The van der Waals surface area contributed by atoms with E-state index < -0.39 is 6.10 Å². The van der Waals surface area contributed by atoms with Crippen molar-refractivity contribution in [1.82, 2.24) is 4.90 Å². The van der Waals surface area contributed by atoms with Crippen LogP contribution in [0.25, 0.3) is 0 Å². The minimum Gasteiger partial charge on any atom is -0.847 e. The van der Waals surface area contributed by atoms with Gasteiger partial charge in [-0.2, -0.15) is 0 Å². The van der Waals surface area contributed by atoms with Gasteiger partial charge in [-0.25, -0.2) is 0 Å². The van der Waals surface area contributed by atoms with Crippen LogP contribution in [0.15, 0.2) is 30.3 Å². The first kappa shape index (κ1) is 13.7. The van der Waals surface area contributed by atoms with Gasteiger partial charge in [0.2, 0.25) is 0 Å². The summed E-state index contributed by atoms with van der Waals surface area (Å²) in [5.74, 6) is 0. The third kappa shape index (κ3) is 3.47. The van der Waals surface area contributed by atoms with Gasteiger partial charge >= 0.3 is 18.9 Å². The van der Waals surface area contributed by atoms with E-state index in [9.17, 15) is 5.11 Å². The second-order valence-electron chi connectivity index (χ2n) is 3.54. The van der Waals surface area contributed by atoms with E-state index in [0.717, 1.165) is 5.56 Å². The summed E-state index contributed by atoms with van der Waals surface area (Å²) in [6.45, 7) is 1.95. The van der Waals surface area contributed by atoms with Crippen molar-refractivity contribution in [3.05, 3.63) is 35.9 Å². The van der Waals surface area contributed by atoms with Crippen molar-refractivity contribution in [2.75, 3.05) is 14.1 Å². The van der Waals surface area contributed by atoms with Crippen molar-refractivity contribution >= 4 is 0 Å². The Hall–Kier alpha value is -0.263. The Morgan fingerprint density at radius 3 is 2.07 bits per heavy atom. The van der Waals surface area contributed by atoms with Crippen molar-refractivity contribution in [2.45, 2.75) is 19.1 Å². The van der Waals surface area contributed by atoms with Crippen LogP contribution in [0.1, 0.15) is 18.6 Å². The zero-order valence-corrected chi connectivity index (χ0v) is 9.40. The molecule has 0 aliphatic carbocycles. The third-order valence-electron chi connectivity index (χ3n) is 2.38. The Labute approximate surface area is 98.1 Å². The fourth-order valence-corrected chi connectivity index (χ4v) is 1.19. The molecule has 0 aliphatic heterocycles. The molecular formula is C11H16LiNO. The Morgan fingerprint density at radius 1 is 1.14 bits per heavy atom. The maximum Gasteiger partial charge on any atom is 1.00 e. The van der Waals surface area contributed by atoms with Gasteiger partial charge < -0.3 is 10.0 Å². The van der Waals surface area contributed by atoms with Gasteiger partial charge in [0.25, 0.3) is 0 Å². The van der Waals surface area contributed by atoms with Crippen LogP contribution >= 0.6 is 0 Å². The van der Waals surface area contributed by atoms with Crippen molar-refractivity contribution in [1.29, 1.82) is 0 Å². The van der Waals surface area contributed by atoms with Crippen molar-refractivity contribution in [3.8, 4) is 0 Å². The molecule has 3 heteroatoms. The van der Waals surface area contributed by atoms with E-state index in [1.54, 1.807) is 0 Å². The molecule has 0 unspecified atom stereocenters. The van der Waals surface area contributed by atoms with Gasteiger partial charge in [-0.1, -0.05) is 48.9 Å². The zero-order valence-electron chi connectivity index (χ0n) is 9.40. The van der Waals surface area contributed by atoms with Gasteiger partial charge in [0, 0.05) is 0 Å². The fourth-order valence-electron chi connectivity index (χ4n) is 1.19. The van der Waals surface area contributed by atoms with E-state index in [1.165, 1.54) is 0 Å². The molecule has 0 bridgehead atoms. The van der Waals surface area contributed by atoms with Crippen LogP contribution < -0.4 is 24.0 Å². The van der Waals surface area contributed by atoms with Crippen LogP contribution in [0.4, 0.5) is 0 Å². The summed E-state index contributed by atoms with van der Waals surface area (Å²) in [6.07, 6.45) is -0.656. The average Bonchev–Trinajstić information content (AvgIpc) is 2.17. The van der Waals surface area contributed by atoms with Crippen molar-refractivity contribution < 1.29 is 24.0 Å². The first-order valence-corrected chi connectivity index (χ1v) is 4.50. The molecule has 14 heavy (non-hydrogen) atoms. The number of rotatable bonds is 3. The van der Waals surface area contributed by atoms with Gasteiger partial charge in [0.05, 0.1) is 0 Å². The number of likely N-dealkylation sites (N-methyl/N-ethyl adjacent to an activating group) is 1. The zero-order chi connectivity index (χ0) is 9.84. The Balaban J connectivity index is 0.00000169. The number of nitrogens with zero attached hydrogens (tertiary/aromatic N) is 1. The molecule has 0 saturated carbocycles. The molecule has 2 nitrogen and oxygen atoms in total. The number of benzene rings is 1. The molecule has 0 spiro atoms.